The minimum atomic E-state index is -3.92. The van der Waals surface area contributed by atoms with Gasteiger partial charge in [0.1, 0.15) is 0 Å². The van der Waals surface area contributed by atoms with E-state index in [1.807, 2.05) is 27.7 Å². The van der Waals surface area contributed by atoms with Crippen LogP contribution in [0.1, 0.15) is 38.1 Å². The van der Waals surface area contributed by atoms with Gasteiger partial charge in [-0.15, -0.1) is 0 Å². The van der Waals surface area contributed by atoms with Gasteiger partial charge in [-0.2, -0.15) is 0 Å². The second-order valence-corrected chi connectivity index (χ2v) is 8.24. The summed E-state index contributed by atoms with van der Waals surface area (Å²) in [5, 5.41) is 9.16. The summed E-state index contributed by atoms with van der Waals surface area (Å²) in [6, 6.07) is 3.52. The fourth-order valence-corrected chi connectivity index (χ4v) is 4.37. The summed E-state index contributed by atoms with van der Waals surface area (Å²) in [5.41, 5.74) is 5.05. The van der Waals surface area contributed by atoms with Gasteiger partial charge in [-0.3, -0.25) is 0 Å². The fourth-order valence-electron chi connectivity index (χ4n) is 2.66. The molecule has 0 saturated heterocycles. The predicted molar refractivity (Wildman–Crippen MR) is 79.5 cm³/mol. The molecule has 1 aromatic carbocycles. The Bertz CT molecular complexity index is 694. The van der Waals surface area contributed by atoms with Crippen LogP contribution in [0, 0.1) is 10.8 Å². The number of anilines is 1. The molecule has 1 aliphatic carbocycles. The first kappa shape index (κ1) is 15.8. The highest BCUT2D eigenvalue weighted by molar-refractivity contribution is 7.89. The molecule has 6 nitrogen and oxygen atoms in total. The number of nitrogen functional groups attached to an aromatic ring is 1. The summed E-state index contributed by atoms with van der Waals surface area (Å²) in [6.07, 6.45) is 0. The number of hydrogen-bond acceptors (Lipinski definition) is 4. The van der Waals surface area contributed by atoms with Crippen molar-refractivity contribution in [3.63, 3.8) is 0 Å². The Balaban J connectivity index is 2.41. The second kappa shape index (κ2) is 4.45. The van der Waals surface area contributed by atoms with Gasteiger partial charge in [0, 0.05) is 11.7 Å². The van der Waals surface area contributed by atoms with Crippen LogP contribution in [0.15, 0.2) is 23.1 Å². The number of aromatic carboxylic acids is 1. The summed E-state index contributed by atoms with van der Waals surface area (Å²) in [5.74, 6) is -1.32. The molecule has 1 aliphatic rings. The third-order valence-electron chi connectivity index (χ3n) is 4.82. The van der Waals surface area contributed by atoms with Crippen molar-refractivity contribution in [2.24, 2.45) is 10.8 Å². The minimum absolute atomic E-state index is 0.183. The zero-order valence-corrected chi connectivity index (χ0v) is 13.3. The van der Waals surface area contributed by atoms with E-state index in [4.69, 9.17) is 10.8 Å². The molecule has 0 aromatic heterocycles. The SMILES string of the molecule is CC1(C)C(NS(=O)(=O)c2ccc(N)cc2C(=O)O)C1(C)C. The molecule has 1 saturated carbocycles. The molecule has 0 amide bonds. The molecule has 116 valence electrons. The van der Waals surface area contributed by atoms with Crippen LogP contribution in [-0.2, 0) is 10.0 Å². The van der Waals surface area contributed by atoms with Crippen molar-refractivity contribution >= 4 is 21.7 Å². The average molecular weight is 312 g/mol. The molecule has 2 rings (SSSR count). The first-order valence-corrected chi connectivity index (χ1v) is 8.05. The highest BCUT2D eigenvalue weighted by Crippen LogP contribution is 2.62. The number of nitrogens with two attached hydrogens (primary N) is 1. The Morgan fingerprint density at radius 3 is 2.19 bits per heavy atom. The number of rotatable bonds is 4. The average Bonchev–Trinajstić information content (AvgIpc) is 2.70. The lowest BCUT2D eigenvalue weighted by molar-refractivity contribution is 0.0692. The normalized spacial score (nSPS) is 20.2. The quantitative estimate of drug-likeness (QED) is 0.733. The van der Waals surface area contributed by atoms with Crippen molar-refractivity contribution in [2.45, 2.75) is 38.6 Å². The van der Waals surface area contributed by atoms with Crippen molar-refractivity contribution in [3.05, 3.63) is 23.8 Å². The van der Waals surface area contributed by atoms with Gasteiger partial charge in [-0.05, 0) is 29.0 Å². The molecule has 0 atom stereocenters. The van der Waals surface area contributed by atoms with Crippen molar-refractivity contribution in [2.75, 3.05) is 5.73 Å². The van der Waals surface area contributed by atoms with Gasteiger partial charge < -0.3 is 10.8 Å². The van der Waals surface area contributed by atoms with Crippen LogP contribution in [0.5, 0.6) is 0 Å². The number of benzene rings is 1. The summed E-state index contributed by atoms with van der Waals surface area (Å²) in [4.78, 5) is 11.0. The van der Waals surface area contributed by atoms with E-state index < -0.39 is 16.0 Å². The van der Waals surface area contributed by atoms with Crippen LogP contribution in [0.4, 0.5) is 5.69 Å². The van der Waals surface area contributed by atoms with Crippen LogP contribution in [-0.4, -0.2) is 25.5 Å². The van der Waals surface area contributed by atoms with E-state index in [0.717, 1.165) is 6.07 Å². The third kappa shape index (κ3) is 2.40. The zero-order valence-electron chi connectivity index (χ0n) is 12.5. The number of carboxylic acid groups (broad SMARTS) is 1. The molecular formula is C14H20N2O4S. The van der Waals surface area contributed by atoms with Crippen molar-refractivity contribution in [1.29, 1.82) is 0 Å². The van der Waals surface area contributed by atoms with Crippen molar-refractivity contribution in [1.82, 2.24) is 4.72 Å². The molecule has 0 heterocycles. The highest BCUT2D eigenvalue weighted by Gasteiger charge is 2.66. The Hall–Kier alpha value is -1.60. The Labute approximate surface area is 124 Å². The van der Waals surface area contributed by atoms with E-state index in [2.05, 4.69) is 4.72 Å². The molecule has 21 heavy (non-hydrogen) atoms. The van der Waals surface area contributed by atoms with Crippen molar-refractivity contribution in [3.8, 4) is 0 Å². The van der Waals surface area contributed by atoms with Gasteiger partial charge in [-0.25, -0.2) is 17.9 Å². The lowest BCUT2D eigenvalue weighted by Crippen LogP contribution is -2.31. The van der Waals surface area contributed by atoms with Gasteiger partial charge in [0.25, 0.3) is 0 Å². The summed E-state index contributed by atoms with van der Waals surface area (Å²) in [6.45, 7) is 7.89. The van der Waals surface area contributed by atoms with Gasteiger partial charge in [0.15, 0.2) is 0 Å². The molecule has 1 aromatic rings. The smallest absolute Gasteiger partial charge is 0.337 e. The topological polar surface area (TPSA) is 109 Å². The van der Waals surface area contributed by atoms with Gasteiger partial charge >= 0.3 is 5.97 Å². The third-order valence-corrected chi connectivity index (χ3v) is 6.30. The van der Waals surface area contributed by atoms with Gasteiger partial charge in [-0.1, -0.05) is 27.7 Å². The molecular weight excluding hydrogens is 292 g/mol. The van der Waals surface area contributed by atoms with E-state index in [9.17, 15) is 13.2 Å². The Kier molecular flexibility index (Phi) is 3.34. The maximum Gasteiger partial charge on any atom is 0.337 e. The van der Waals surface area contributed by atoms with Crippen LogP contribution < -0.4 is 10.5 Å². The first-order valence-electron chi connectivity index (χ1n) is 6.56. The molecule has 0 spiro atoms. The second-order valence-electron chi connectivity index (χ2n) is 6.56. The zero-order chi connectivity index (χ0) is 16.2. The molecule has 0 unspecified atom stereocenters. The summed E-state index contributed by atoms with van der Waals surface area (Å²) >= 11 is 0. The fraction of sp³-hybridized carbons (Fsp3) is 0.500. The Morgan fingerprint density at radius 1 is 1.24 bits per heavy atom. The van der Waals surface area contributed by atoms with Gasteiger partial charge in [0.2, 0.25) is 10.0 Å². The number of nitrogens with one attached hydrogen (secondary N) is 1. The number of sulfonamides is 1. The molecule has 0 bridgehead atoms. The van der Waals surface area contributed by atoms with E-state index >= 15 is 0 Å². The van der Waals surface area contributed by atoms with E-state index in [1.54, 1.807) is 0 Å². The maximum atomic E-state index is 12.5. The standard InChI is InChI=1S/C14H20N2O4S/c1-13(2)12(14(13,3)4)16-21(19,20)10-6-5-8(15)7-9(10)11(17)18/h5-7,12,16H,15H2,1-4H3,(H,17,18). The van der Waals surface area contributed by atoms with Crippen LogP contribution in [0.25, 0.3) is 0 Å². The predicted octanol–water partition coefficient (Wildman–Crippen LogP) is 1.68. The maximum absolute atomic E-state index is 12.5. The van der Waals surface area contributed by atoms with Gasteiger partial charge in [0.05, 0.1) is 10.5 Å². The largest absolute Gasteiger partial charge is 0.478 e. The number of hydrogen-bond donors (Lipinski definition) is 3. The molecule has 1 fully saturated rings. The minimum Gasteiger partial charge on any atom is -0.478 e. The lowest BCUT2D eigenvalue weighted by Gasteiger charge is -2.11. The molecule has 7 heteroatoms. The highest BCUT2D eigenvalue weighted by atomic mass is 32.2. The molecule has 0 aliphatic heterocycles. The van der Waals surface area contributed by atoms with Crippen LogP contribution in [0.2, 0.25) is 0 Å². The Morgan fingerprint density at radius 2 is 1.76 bits per heavy atom. The molecule has 0 radical (unpaired) electrons. The monoisotopic (exact) mass is 312 g/mol. The first-order chi connectivity index (χ1) is 9.41. The van der Waals surface area contributed by atoms with E-state index in [1.165, 1.54) is 12.1 Å². The lowest BCUT2D eigenvalue weighted by atomic mass is 10.0. The summed E-state index contributed by atoms with van der Waals surface area (Å²) < 4.78 is 27.6. The van der Waals surface area contributed by atoms with E-state index in [0.29, 0.717) is 0 Å². The summed E-state index contributed by atoms with van der Waals surface area (Å²) in [7, 11) is -3.92. The van der Waals surface area contributed by atoms with Crippen LogP contribution in [0.3, 0.4) is 0 Å². The number of carboxylic acids is 1. The van der Waals surface area contributed by atoms with Crippen molar-refractivity contribution < 1.29 is 18.3 Å². The van der Waals surface area contributed by atoms with E-state index in [-0.39, 0.29) is 33.0 Å². The number of carbonyl (C=O) groups is 1. The molecule has 4 N–H and O–H groups in total. The van der Waals surface area contributed by atoms with Crippen LogP contribution >= 0.6 is 0 Å².